The summed E-state index contributed by atoms with van der Waals surface area (Å²) in [5, 5.41) is 45.3. The zero-order valence-electron chi connectivity index (χ0n) is 71.1. The molecule has 0 radical (unpaired) electrons. The molecule has 1 aromatic heterocycles. The monoisotopic (exact) mass is 1710 g/mol. The summed E-state index contributed by atoms with van der Waals surface area (Å²) in [5.41, 5.74) is 7.02. The number of hydrogen-bond donors (Lipinski definition) is 13. The third-order valence-corrected chi connectivity index (χ3v) is 22.8. The number of unbranched alkanes of at least 4 members (excludes halogenated alkanes) is 1. The Morgan fingerprint density at radius 2 is 1.09 bits per heavy atom. The van der Waals surface area contributed by atoms with Gasteiger partial charge in [-0.05, 0) is 84.0 Å². The summed E-state index contributed by atoms with van der Waals surface area (Å²) < 4.78 is 0. The van der Waals surface area contributed by atoms with Gasteiger partial charge < -0.3 is 93.3 Å². The van der Waals surface area contributed by atoms with Gasteiger partial charge in [0.05, 0.1) is 31.8 Å². The third kappa shape index (κ3) is 26.9. The summed E-state index contributed by atoms with van der Waals surface area (Å²) in [7, 11) is 6.58. The molecule has 1 aliphatic carbocycles. The second-order valence-corrected chi connectivity index (χ2v) is 33.2. The first-order valence-electron chi connectivity index (χ1n) is 40.9. The van der Waals surface area contributed by atoms with Gasteiger partial charge in [0.15, 0.2) is 0 Å². The number of para-hydroxylation sites is 1. The number of primary amides is 1. The minimum Gasteiger partial charge on any atom is -0.508 e. The Balaban J connectivity index is 1.18. The summed E-state index contributed by atoms with van der Waals surface area (Å²) in [5.74, 6) is -17.5. The van der Waals surface area contributed by atoms with E-state index in [1.54, 1.807) is 161 Å². The van der Waals surface area contributed by atoms with Gasteiger partial charge in [0.25, 0.3) is 0 Å². The molecule has 5 aromatic carbocycles. The molecule has 1 aliphatic heterocycles. The summed E-state index contributed by atoms with van der Waals surface area (Å²) in [4.78, 5) is 241. The van der Waals surface area contributed by atoms with Crippen molar-refractivity contribution in [3.8, 4) is 5.75 Å². The molecule has 0 bridgehead atoms. The van der Waals surface area contributed by atoms with Crippen LogP contribution in [-0.2, 0) is 102 Å². The van der Waals surface area contributed by atoms with Gasteiger partial charge in [-0.1, -0.05) is 169 Å². The van der Waals surface area contributed by atoms with Crippen molar-refractivity contribution in [2.75, 3.05) is 66.4 Å². The Labute approximate surface area is 718 Å². The second-order valence-electron chi connectivity index (χ2n) is 32.2. The third-order valence-electron chi connectivity index (χ3n) is 21.8. The van der Waals surface area contributed by atoms with Crippen LogP contribution in [0.4, 0.5) is 0 Å². The van der Waals surface area contributed by atoms with E-state index in [1.807, 2.05) is 6.92 Å². The molecule has 2 fully saturated rings. The van der Waals surface area contributed by atoms with Crippen molar-refractivity contribution in [1.82, 2.24) is 77.3 Å². The zero-order valence-corrected chi connectivity index (χ0v) is 71.9. The van der Waals surface area contributed by atoms with E-state index in [4.69, 9.17) is 5.73 Å². The highest BCUT2D eigenvalue weighted by Crippen LogP contribution is 2.52. The first-order chi connectivity index (χ1) is 58.4. The largest absolute Gasteiger partial charge is 0.508 e. The van der Waals surface area contributed by atoms with Crippen LogP contribution in [0.15, 0.2) is 146 Å². The van der Waals surface area contributed by atoms with Crippen molar-refractivity contribution in [3.63, 3.8) is 0 Å². The lowest BCUT2D eigenvalue weighted by molar-refractivity contribution is -0.151. The average molecular weight is 1720 g/mol. The Kier molecular flexibility index (Phi) is 34.8. The van der Waals surface area contributed by atoms with Crippen molar-refractivity contribution in [3.05, 3.63) is 174 Å². The molecular formula is C88H114N16O18S. The number of nitrogens with zero attached hydrogens (tertiary/aromatic N) is 5. The smallest absolute Gasteiger partial charge is 0.305 e. The molecule has 35 heteroatoms. The van der Waals surface area contributed by atoms with Gasteiger partial charge in [-0.2, -0.15) is 0 Å². The fourth-order valence-corrected chi connectivity index (χ4v) is 15.7. The van der Waals surface area contributed by atoms with Crippen LogP contribution in [0.1, 0.15) is 114 Å². The lowest BCUT2D eigenvalue weighted by Gasteiger charge is -2.37. The molecule has 1 saturated heterocycles. The lowest BCUT2D eigenvalue weighted by atomic mass is 9.98. The highest BCUT2D eigenvalue weighted by atomic mass is 32.2. The number of carbonyl (C=O) groups is 16. The molecule has 2 heterocycles. The number of H-pyrrole nitrogens is 1. The van der Waals surface area contributed by atoms with Crippen LogP contribution >= 0.6 is 11.8 Å². The van der Waals surface area contributed by atoms with Crippen LogP contribution in [0, 0.1) is 11.8 Å². The lowest BCUT2D eigenvalue weighted by Crippen LogP contribution is -2.61. The normalized spacial score (nSPS) is 24.0. The summed E-state index contributed by atoms with van der Waals surface area (Å²) in [6, 6.07) is 24.0. The Hall–Kier alpha value is -12.7. The number of aliphatic carboxylic acids is 1. The van der Waals surface area contributed by atoms with E-state index in [9.17, 15) is 67.7 Å². The number of rotatable bonds is 20. The summed E-state index contributed by atoms with van der Waals surface area (Å²) >= 11 is 0.842. The van der Waals surface area contributed by atoms with Crippen molar-refractivity contribution in [2.45, 2.75) is 178 Å². The van der Waals surface area contributed by atoms with E-state index in [-0.39, 0.29) is 62.4 Å². The number of carboxylic acid groups (broad SMARTS) is 1. The molecule has 8 rings (SSSR count). The van der Waals surface area contributed by atoms with Gasteiger partial charge in [0.1, 0.15) is 71.7 Å². The Bertz CT molecular complexity index is 4770. The Morgan fingerprint density at radius 1 is 0.553 bits per heavy atom. The molecular weight excluding hydrogens is 1600 g/mol. The van der Waals surface area contributed by atoms with Gasteiger partial charge in [-0.25, -0.2) is 0 Å². The molecule has 1 unspecified atom stereocenters. The van der Waals surface area contributed by atoms with E-state index in [1.165, 1.54) is 64.1 Å². The molecule has 2 aliphatic rings. The van der Waals surface area contributed by atoms with Crippen LogP contribution in [0.2, 0.25) is 0 Å². The van der Waals surface area contributed by atoms with Crippen molar-refractivity contribution < 1.29 is 86.9 Å². The van der Waals surface area contributed by atoms with E-state index >= 15 is 19.2 Å². The standard InChI is InChI=1S/C88H114N16O18S/c1-12-13-33-68-84(119)101(8)48-73(108)94-65(43-75(110)111)79(114)98-76(52(4)5)86(121)103(10)69(40-55-27-19-15-20-28-55)81(116)92-53(6)82(117)100(7)47-72(107)93-64(42-58-45-90-62-32-24-23-31-60(58)62)80(115)99-88(44-61(88)57-34-36-59(105)37-35-57)87(122)97-63(38-51(2)3)78(113)96-67(77(112)91-46-71(89)106)49-123-50-74(109)95-66(39-54-25-17-14-18-26-54)83(118)104(11)70(85(120)102(68)9)41-56-29-21-16-22-30-56/h14-32,34-37,45,51-53,61,63-70,76,90,105H,12-13,33,38-44,46-50H2,1-11H3,(H2,89,106)(H,91,112)(H,92,116)(H,93,107)(H,94,108)(H,95,109)(H,96,113)(H,97,122)(H,98,114)(H,99,115)(H,110,111)/t53-,61-,63-,64-,65-,66-,67+,68-,69-,70-,76-,88?/m0/s1. The van der Waals surface area contributed by atoms with Crippen molar-refractivity contribution in [2.24, 2.45) is 17.6 Å². The van der Waals surface area contributed by atoms with Crippen LogP contribution in [0.25, 0.3) is 10.9 Å². The molecule has 12 atom stereocenters. The number of nitrogens with one attached hydrogen (secondary N) is 10. The number of amides is 15. The molecule has 1 saturated carbocycles. The highest BCUT2D eigenvalue weighted by Gasteiger charge is 2.63. The number of aromatic amines is 1. The van der Waals surface area contributed by atoms with Crippen LogP contribution in [0.5, 0.6) is 5.75 Å². The minimum atomic E-state index is -1.89. The fraction of sp³-hybridized carbons (Fsp3) is 0.455. The summed E-state index contributed by atoms with van der Waals surface area (Å²) in [6.45, 7) is 7.68. The maximum atomic E-state index is 15.5. The molecule has 14 N–H and O–H groups in total. The number of benzene rings is 5. The van der Waals surface area contributed by atoms with E-state index in [0.717, 1.165) is 26.5 Å². The second kappa shape index (κ2) is 44.7. The molecule has 123 heavy (non-hydrogen) atoms. The van der Waals surface area contributed by atoms with Gasteiger partial charge in [-0.3, -0.25) is 76.7 Å². The predicted octanol–water partition coefficient (Wildman–Crippen LogP) is 1.71. The van der Waals surface area contributed by atoms with Crippen LogP contribution < -0.4 is 53.6 Å². The minimum absolute atomic E-state index is 0.0430. The molecule has 660 valence electrons. The number of aromatic nitrogens is 1. The zero-order chi connectivity index (χ0) is 90.1. The number of carboxylic acids is 1. The first kappa shape index (κ1) is 95.8. The topological polar surface area (TPSA) is 480 Å². The molecule has 34 nitrogen and oxygen atoms in total. The van der Waals surface area contributed by atoms with Gasteiger partial charge >= 0.3 is 5.97 Å². The van der Waals surface area contributed by atoms with E-state index in [0.29, 0.717) is 51.6 Å². The van der Waals surface area contributed by atoms with Crippen LogP contribution in [-0.4, -0.2) is 267 Å². The number of fused-ring (bicyclic) bond motifs is 1. The quantitative estimate of drug-likeness (QED) is 0.0517. The van der Waals surface area contributed by atoms with Gasteiger partial charge in [0, 0.05) is 89.7 Å². The van der Waals surface area contributed by atoms with E-state index < -0.39 is 204 Å². The van der Waals surface area contributed by atoms with E-state index in [2.05, 4.69) is 52.8 Å². The predicted molar refractivity (Wildman–Crippen MR) is 459 cm³/mol. The van der Waals surface area contributed by atoms with Gasteiger partial charge in [0.2, 0.25) is 88.6 Å². The number of aromatic hydroxyl groups is 1. The maximum absolute atomic E-state index is 15.5. The maximum Gasteiger partial charge on any atom is 0.305 e. The fourth-order valence-electron chi connectivity index (χ4n) is 14.8. The van der Waals surface area contributed by atoms with Crippen molar-refractivity contribution in [1.29, 1.82) is 0 Å². The van der Waals surface area contributed by atoms with Crippen molar-refractivity contribution >= 4 is 117 Å². The average Bonchev–Trinajstić information content (AvgIpc) is 1.56. The highest BCUT2D eigenvalue weighted by molar-refractivity contribution is 8.00. The number of nitrogens with two attached hydrogens (primary N) is 1. The summed E-state index contributed by atoms with van der Waals surface area (Å²) in [6.07, 6.45) is 0.821. The molecule has 6 aromatic rings. The first-order valence-corrected chi connectivity index (χ1v) is 42.1. The van der Waals surface area contributed by atoms with Gasteiger partial charge in [-0.15, -0.1) is 11.8 Å². The molecule has 15 amide bonds. The number of thioether (sulfide) groups is 1. The number of phenols is 1. The number of likely N-dealkylation sites (N-methyl/N-ethyl adjacent to an activating group) is 5. The molecule has 1 spiro atoms. The Morgan fingerprint density at radius 3 is 1.67 bits per heavy atom. The number of phenolic OH excluding ortho intramolecular Hbond substituents is 1. The van der Waals surface area contributed by atoms with Crippen LogP contribution in [0.3, 0.4) is 0 Å². The number of hydrogen-bond acceptors (Lipinski definition) is 18. The SMILES string of the molecule is CCCC[C@H]1C(=O)N(C)CC(=O)N[C@@H](CC(=O)O)C(=O)N[C@@H](C(C)C)C(=O)N(C)[C@@H](Cc2ccccc2)C(=O)N[C@@H](C)C(=O)N(C)CC(=O)N[C@@H](Cc2c[nH]c3ccccc23)C(=O)NC2(C[C@H]2c2ccc(O)cc2)C(=O)N[C@@H](CC(C)C)C(=O)N[C@@H](C(=O)NCC(N)=O)CSCC(=O)N[C@@H](Cc2ccccc2)C(=O)N(C)[C@@H](Cc2ccccc2)C(=O)N1C. The number of carbonyl (C=O) groups excluding carboxylic acids is 15.